The topological polar surface area (TPSA) is 59.1 Å². The Hall–Kier alpha value is -1.59. The molecule has 6 heteroatoms. The van der Waals surface area contributed by atoms with Crippen molar-refractivity contribution in [2.24, 2.45) is 0 Å². The Morgan fingerprint density at radius 3 is 2.70 bits per heavy atom. The number of ether oxygens (including phenoxy) is 1. The number of fused-ring (bicyclic) bond motifs is 1. The predicted molar refractivity (Wildman–Crippen MR) is 82.9 cm³/mol. The van der Waals surface area contributed by atoms with Crippen LogP contribution in [0.3, 0.4) is 0 Å². The lowest BCUT2D eigenvalue weighted by Crippen LogP contribution is -2.29. The number of hydrogen-bond acceptors (Lipinski definition) is 5. The van der Waals surface area contributed by atoms with Crippen molar-refractivity contribution in [3.63, 3.8) is 0 Å². The molecule has 0 spiro atoms. The number of halogens is 1. The van der Waals surface area contributed by atoms with Crippen LogP contribution in [0.5, 0.6) is 5.88 Å². The minimum Gasteiger partial charge on any atom is -0.478 e. The van der Waals surface area contributed by atoms with Crippen LogP contribution in [0.2, 0.25) is 0 Å². The second-order valence-electron chi connectivity index (χ2n) is 4.74. The fraction of sp³-hybridized carbons (Fsp3) is 0.429. The van der Waals surface area contributed by atoms with Gasteiger partial charge < -0.3 is 15.4 Å². The zero-order chi connectivity index (χ0) is 13.1. The Balaban J connectivity index is 0.00000147. The van der Waals surface area contributed by atoms with Gasteiger partial charge in [-0.2, -0.15) is 0 Å². The van der Waals surface area contributed by atoms with Crippen LogP contribution in [0.4, 0.5) is 5.82 Å². The van der Waals surface area contributed by atoms with Gasteiger partial charge in [-0.15, -0.1) is 12.4 Å². The van der Waals surface area contributed by atoms with Gasteiger partial charge in [-0.3, -0.25) is 0 Å². The zero-order valence-electron chi connectivity index (χ0n) is 11.4. The van der Waals surface area contributed by atoms with Crippen molar-refractivity contribution in [3.8, 4) is 5.88 Å². The summed E-state index contributed by atoms with van der Waals surface area (Å²) < 4.78 is 5.31. The van der Waals surface area contributed by atoms with Gasteiger partial charge in [0.05, 0.1) is 18.1 Å². The maximum atomic E-state index is 5.31. The maximum Gasteiger partial charge on any atom is 0.257 e. The lowest BCUT2D eigenvalue weighted by atomic mass is 10.2. The van der Waals surface area contributed by atoms with E-state index in [1.165, 1.54) is 12.8 Å². The highest BCUT2D eigenvalue weighted by Crippen LogP contribution is 2.23. The number of nitrogens with zero attached hydrogens (tertiary/aromatic N) is 2. The molecule has 1 atom stereocenters. The fourth-order valence-electron chi connectivity index (χ4n) is 2.39. The molecule has 1 aliphatic heterocycles. The lowest BCUT2D eigenvalue weighted by Gasteiger charge is -2.14. The van der Waals surface area contributed by atoms with Crippen LogP contribution in [0.15, 0.2) is 24.3 Å². The van der Waals surface area contributed by atoms with E-state index in [4.69, 9.17) is 4.74 Å². The molecule has 0 amide bonds. The van der Waals surface area contributed by atoms with Gasteiger partial charge in [0.25, 0.3) is 5.88 Å². The summed E-state index contributed by atoms with van der Waals surface area (Å²) in [4.78, 5) is 9.05. The van der Waals surface area contributed by atoms with Crippen molar-refractivity contribution in [3.05, 3.63) is 24.3 Å². The number of benzene rings is 1. The quantitative estimate of drug-likeness (QED) is 0.905. The van der Waals surface area contributed by atoms with Gasteiger partial charge in [-0.1, -0.05) is 12.1 Å². The van der Waals surface area contributed by atoms with Gasteiger partial charge in [0.2, 0.25) is 0 Å². The first-order chi connectivity index (χ1) is 9.36. The smallest absolute Gasteiger partial charge is 0.257 e. The van der Waals surface area contributed by atoms with Gasteiger partial charge in [0, 0.05) is 12.6 Å². The van der Waals surface area contributed by atoms with Crippen molar-refractivity contribution >= 4 is 29.3 Å². The molecule has 1 aromatic carbocycles. The number of nitrogens with one attached hydrogen (secondary N) is 2. The summed E-state index contributed by atoms with van der Waals surface area (Å²) in [5.41, 5.74) is 1.73. The van der Waals surface area contributed by atoms with Gasteiger partial charge in [-0.25, -0.2) is 9.97 Å². The second kappa shape index (κ2) is 6.72. The molecular formula is C14H19ClN4O. The first-order valence-electron chi connectivity index (χ1n) is 6.65. The van der Waals surface area contributed by atoms with E-state index < -0.39 is 0 Å². The monoisotopic (exact) mass is 294 g/mol. The molecule has 20 heavy (non-hydrogen) atoms. The number of methoxy groups -OCH3 is 1. The van der Waals surface area contributed by atoms with Gasteiger partial charge >= 0.3 is 0 Å². The van der Waals surface area contributed by atoms with E-state index in [1.807, 2.05) is 24.3 Å². The van der Waals surface area contributed by atoms with E-state index in [-0.39, 0.29) is 12.4 Å². The highest BCUT2D eigenvalue weighted by atomic mass is 35.5. The Morgan fingerprint density at radius 2 is 2.05 bits per heavy atom. The summed E-state index contributed by atoms with van der Waals surface area (Å²) in [7, 11) is 1.62. The zero-order valence-corrected chi connectivity index (χ0v) is 12.2. The van der Waals surface area contributed by atoms with E-state index >= 15 is 0 Å². The summed E-state index contributed by atoms with van der Waals surface area (Å²) in [6, 6.07) is 8.32. The summed E-state index contributed by atoms with van der Waals surface area (Å²) in [6.45, 7) is 1.95. The van der Waals surface area contributed by atoms with Crippen LogP contribution < -0.4 is 15.4 Å². The van der Waals surface area contributed by atoms with Crippen LogP contribution in [-0.4, -0.2) is 36.2 Å². The molecule has 0 bridgehead atoms. The van der Waals surface area contributed by atoms with Crippen molar-refractivity contribution in [2.75, 3.05) is 25.5 Å². The minimum absolute atomic E-state index is 0. The minimum atomic E-state index is 0. The third kappa shape index (κ3) is 3.11. The van der Waals surface area contributed by atoms with E-state index in [9.17, 15) is 0 Å². The SMILES string of the molecule is COc1nc2ccccc2nc1NCC1CCCN1.Cl. The Kier molecular flexibility index (Phi) is 4.98. The molecular weight excluding hydrogens is 276 g/mol. The number of hydrogen-bond donors (Lipinski definition) is 2. The van der Waals surface area contributed by atoms with Crippen molar-refractivity contribution in [1.82, 2.24) is 15.3 Å². The predicted octanol–water partition coefficient (Wildman–Crippen LogP) is 2.22. The lowest BCUT2D eigenvalue weighted by molar-refractivity contribution is 0.399. The molecule has 2 aromatic rings. The summed E-state index contributed by atoms with van der Waals surface area (Å²) in [6.07, 6.45) is 2.45. The van der Waals surface area contributed by atoms with E-state index in [1.54, 1.807) is 7.11 Å². The largest absolute Gasteiger partial charge is 0.478 e. The molecule has 0 aliphatic carbocycles. The Labute approximate surface area is 124 Å². The maximum absolute atomic E-state index is 5.31. The molecule has 3 rings (SSSR count). The average Bonchev–Trinajstić information content (AvgIpc) is 2.97. The number of anilines is 1. The molecule has 108 valence electrons. The summed E-state index contributed by atoms with van der Waals surface area (Å²) in [5, 5.41) is 6.79. The highest BCUT2D eigenvalue weighted by Gasteiger charge is 2.15. The molecule has 0 saturated carbocycles. The van der Waals surface area contributed by atoms with Gasteiger partial charge in [0.15, 0.2) is 5.82 Å². The molecule has 1 fully saturated rings. The van der Waals surface area contributed by atoms with Crippen molar-refractivity contribution in [2.45, 2.75) is 18.9 Å². The third-order valence-electron chi connectivity index (χ3n) is 3.41. The molecule has 0 radical (unpaired) electrons. The molecule has 1 saturated heterocycles. The number of rotatable bonds is 4. The van der Waals surface area contributed by atoms with E-state index in [0.29, 0.717) is 11.9 Å². The first-order valence-corrected chi connectivity index (χ1v) is 6.65. The van der Waals surface area contributed by atoms with Crippen molar-refractivity contribution in [1.29, 1.82) is 0 Å². The molecule has 1 aliphatic rings. The second-order valence-corrected chi connectivity index (χ2v) is 4.74. The normalized spacial score (nSPS) is 17.8. The Bertz CT molecular complexity index is 572. The fourth-order valence-corrected chi connectivity index (χ4v) is 2.39. The van der Waals surface area contributed by atoms with Gasteiger partial charge in [-0.05, 0) is 31.5 Å². The third-order valence-corrected chi connectivity index (χ3v) is 3.41. The standard InChI is InChI=1S/C14H18N4O.ClH/c1-19-14-13(16-9-10-5-4-8-15-10)17-11-6-2-3-7-12(11)18-14;/h2-3,6-7,10,15H,4-5,8-9H2,1H3,(H,16,17);1H. The van der Waals surface area contributed by atoms with Crippen molar-refractivity contribution < 1.29 is 4.74 Å². The molecule has 2 heterocycles. The van der Waals surface area contributed by atoms with E-state index in [2.05, 4.69) is 20.6 Å². The molecule has 2 N–H and O–H groups in total. The van der Waals surface area contributed by atoms with Crippen LogP contribution in [-0.2, 0) is 0 Å². The first kappa shape index (κ1) is 14.8. The Morgan fingerprint density at radius 1 is 1.30 bits per heavy atom. The molecule has 5 nitrogen and oxygen atoms in total. The highest BCUT2D eigenvalue weighted by molar-refractivity contribution is 5.85. The van der Waals surface area contributed by atoms with Gasteiger partial charge in [0.1, 0.15) is 0 Å². The van der Waals surface area contributed by atoms with Crippen LogP contribution in [0.1, 0.15) is 12.8 Å². The number of para-hydroxylation sites is 2. The molecule has 1 unspecified atom stereocenters. The number of aromatic nitrogens is 2. The summed E-state index contributed by atoms with van der Waals surface area (Å²) >= 11 is 0. The van der Waals surface area contributed by atoms with Crippen LogP contribution >= 0.6 is 12.4 Å². The average molecular weight is 295 g/mol. The van der Waals surface area contributed by atoms with E-state index in [0.717, 1.165) is 29.9 Å². The van der Waals surface area contributed by atoms with Crippen LogP contribution in [0, 0.1) is 0 Å². The molecule has 1 aromatic heterocycles. The van der Waals surface area contributed by atoms with Crippen LogP contribution in [0.25, 0.3) is 11.0 Å². The summed E-state index contributed by atoms with van der Waals surface area (Å²) in [5.74, 6) is 1.27.